The van der Waals surface area contributed by atoms with Gasteiger partial charge < -0.3 is 9.97 Å². The van der Waals surface area contributed by atoms with E-state index in [1.807, 2.05) is 30.5 Å². The Morgan fingerprint density at radius 1 is 1.06 bits per heavy atom. The number of H-pyrrole nitrogens is 2. The Morgan fingerprint density at radius 2 is 1.89 bits per heavy atom. The van der Waals surface area contributed by atoms with Crippen molar-refractivity contribution in [3.63, 3.8) is 0 Å². The molecule has 0 fully saturated rings. The van der Waals surface area contributed by atoms with E-state index in [1.165, 1.54) is 6.20 Å². The number of hydrogen-bond donors (Lipinski definition) is 3. The molecule has 3 aromatic heterocycles. The van der Waals surface area contributed by atoms with Gasteiger partial charge in [-0.25, -0.2) is 22.2 Å². The summed E-state index contributed by atoms with van der Waals surface area (Å²) in [5.74, 6) is -3.53. The van der Waals surface area contributed by atoms with Crippen LogP contribution in [0.3, 0.4) is 0 Å². The highest BCUT2D eigenvalue weighted by atomic mass is 32.2. The predicted molar refractivity (Wildman–Crippen MR) is 131 cm³/mol. The van der Waals surface area contributed by atoms with E-state index in [4.69, 9.17) is 0 Å². The van der Waals surface area contributed by atoms with E-state index < -0.39 is 38.7 Å². The van der Waals surface area contributed by atoms with Gasteiger partial charge in [0.2, 0.25) is 15.8 Å². The fourth-order valence-corrected chi connectivity index (χ4v) is 5.18. The van der Waals surface area contributed by atoms with Crippen LogP contribution >= 0.6 is 0 Å². The van der Waals surface area contributed by atoms with Crippen LogP contribution in [-0.4, -0.2) is 34.9 Å². The predicted octanol–water partition coefficient (Wildman–Crippen LogP) is 5.37. The number of aromatic nitrogens is 3. The first kappa shape index (κ1) is 22.7. The number of benzene rings is 2. The van der Waals surface area contributed by atoms with Crippen molar-refractivity contribution in [1.82, 2.24) is 15.0 Å². The van der Waals surface area contributed by atoms with E-state index in [2.05, 4.69) is 19.7 Å². The molecule has 3 heterocycles. The van der Waals surface area contributed by atoms with Crippen LogP contribution in [-0.2, 0) is 10.0 Å². The zero-order valence-corrected chi connectivity index (χ0v) is 19.3. The molecule has 178 valence electrons. The third-order valence-corrected chi connectivity index (χ3v) is 7.20. The van der Waals surface area contributed by atoms with Crippen molar-refractivity contribution >= 4 is 43.4 Å². The Labute approximate surface area is 199 Å². The zero-order valence-electron chi connectivity index (χ0n) is 18.5. The van der Waals surface area contributed by atoms with Crippen molar-refractivity contribution in [3.05, 3.63) is 83.8 Å². The monoisotopic (exact) mass is 494 g/mol. The van der Waals surface area contributed by atoms with Crippen LogP contribution in [0.5, 0.6) is 0 Å². The summed E-state index contributed by atoms with van der Waals surface area (Å²) >= 11 is 0. The van der Waals surface area contributed by atoms with Crippen LogP contribution in [0.25, 0.3) is 33.1 Å². The van der Waals surface area contributed by atoms with Gasteiger partial charge in [0.25, 0.3) is 0 Å². The molecule has 0 aliphatic rings. The number of halogens is 2. The summed E-state index contributed by atoms with van der Waals surface area (Å²) in [6.45, 7) is 1.66. The number of nitrogens with one attached hydrogen (secondary N) is 3. The van der Waals surface area contributed by atoms with Crippen molar-refractivity contribution < 1.29 is 22.0 Å². The Hall–Kier alpha value is -4.05. The molecule has 0 aliphatic carbocycles. The molecule has 5 rings (SSSR count). The minimum absolute atomic E-state index is 0.0171. The minimum atomic E-state index is -3.84. The molecule has 0 saturated heterocycles. The lowest BCUT2D eigenvalue weighted by atomic mass is 9.99. The largest absolute Gasteiger partial charge is 0.361 e. The van der Waals surface area contributed by atoms with E-state index in [0.29, 0.717) is 17.5 Å². The maximum Gasteiger partial charge on any atom is 0.232 e. The SMILES string of the molecule is CCCS(=O)(=O)Nc1ccc(F)c(C(=O)c2c[nH]c3ncc(-c4ccc5[nH]ccc5c4)cc23)c1F. The van der Waals surface area contributed by atoms with Crippen molar-refractivity contribution in [2.24, 2.45) is 0 Å². The Kier molecular flexibility index (Phi) is 5.60. The van der Waals surface area contributed by atoms with Crippen LogP contribution in [0.15, 0.2) is 61.1 Å². The standard InChI is InChI=1S/C25H20F2N4O3S/c1-2-9-35(33,34)31-21-6-4-19(26)22(23(21)27)24(32)18-13-30-25-17(18)11-16(12-29-25)14-3-5-20-15(10-14)7-8-28-20/h3-8,10-13,28,31H,2,9H2,1H3,(H,29,30). The average Bonchev–Trinajstić information content (AvgIpc) is 3.46. The van der Waals surface area contributed by atoms with Gasteiger partial charge in [-0.3, -0.25) is 9.52 Å². The van der Waals surface area contributed by atoms with Gasteiger partial charge in [-0.05, 0) is 53.8 Å². The van der Waals surface area contributed by atoms with Crippen LogP contribution in [0.2, 0.25) is 0 Å². The molecule has 10 heteroatoms. The molecule has 7 nitrogen and oxygen atoms in total. The summed E-state index contributed by atoms with van der Waals surface area (Å²) in [6.07, 6.45) is 5.13. The molecule has 0 radical (unpaired) electrons. The Bertz CT molecular complexity index is 1710. The van der Waals surface area contributed by atoms with Crippen molar-refractivity contribution in [2.75, 3.05) is 10.5 Å². The fraction of sp³-hybridized carbons (Fsp3) is 0.120. The fourth-order valence-electron chi connectivity index (χ4n) is 4.04. The first-order valence-electron chi connectivity index (χ1n) is 10.8. The number of fused-ring (bicyclic) bond motifs is 2. The highest BCUT2D eigenvalue weighted by molar-refractivity contribution is 7.92. The van der Waals surface area contributed by atoms with Crippen LogP contribution in [0.1, 0.15) is 29.3 Å². The summed E-state index contributed by atoms with van der Waals surface area (Å²) in [6, 6.07) is 11.3. The molecule has 2 aromatic carbocycles. The average molecular weight is 495 g/mol. The van der Waals surface area contributed by atoms with Crippen LogP contribution < -0.4 is 4.72 Å². The minimum Gasteiger partial charge on any atom is -0.361 e. The number of rotatable bonds is 7. The molecule has 35 heavy (non-hydrogen) atoms. The van der Waals surface area contributed by atoms with Gasteiger partial charge in [0.15, 0.2) is 5.82 Å². The van der Waals surface area contributed by atoms with Gasteiger partial charge in [0.05, 0.1) is 17.0 Å². The number of ketones is 1. The van der Waals surface area contributed by atoms with Gasteiger partial charge >= 0.3 is 0 Å². The number of carbonyl (C=O) groups is 1. The van der Waals surface area contributed by atoms with E-state index in [-0.39, 0.29) is 11.3 Å². The van der Waals surface area contributed by atoms with Crippen LogP contribution in [0.4, 0.5) is 14.5 Å². The molecule has 0 atom stereocenters. The Balaban J connectivity index is 1.57. The van der Waals surface area contributed by atoms with Crippen molar-refractivity contribution in [3.8, 4) is 11.1 Å². The summed E-state index contributed by atoms with van der Waals surface area (Å²) in [5, 5.41) is 1.39. The van der Waals surface area contributed by atoms with Gasteiger partial charge in [-0.1, -0.05) is 13.0 Å². The smallest absolute Gasteiger partial charge is 0.232 e. The number of nitrogens with zero attached hydrogens (tertiary/aromatic N) is 1. The Morgan fingerprint density at radius 3 is 2.69 bits per heavy atom. The molecule has 0 aliphatic heterocycles. The lowest BCUT2D eigenvalue weighted by Gasteiger charge is -2.11. The molecular formula is C25H20F2N4O3S. The van der Waals surface area contributed by atoms with Crippen molar-refractivity contribution in [1.29, 1.82) is 0 Å². The van der Waals surface area contributed by atoms with E-state index in [9.17, 15) is 17.6 Å². The van der Waals surface area contributed by atoms with Gasteiger partial charge in [-0.15, -0.1) is 0 Å². The summed E-state index contributed by atoms with van der Waals surface area (Å²) in [5.41, 5.74) is 1.61. The second kappa shape index (κ2) is 8.62. The highest BCUT2D eigenvalue weighted by Gasteiger charge is 2.26. The lowest BCUT2D eigenvalue weighted by Crippen LogP contribution is -2.18. The quantitative estimate of drug-likeness (QED) is 0.264. The van der Waals surface area contributed by atoms with Gasteiger partial charge in [0.1, 0.15) is 11.5 Å². The van der Waals surface area contributed by atoms with E-state index in [1.54, 1.807) is 19.2 Å². The third kappa shape index (κ3) is 4.17. The molecule has 5 aromatic rings. The second-order valence-electron chi connectivity index (χ2n) is 8.14. The normalized spacial score (nSPS) is 11.9. The van der Waals surface area contributed by atoms with Gasteiger partial charge in [-0.2, -0.15) is 0 Å². The first-order valence-corrected chi connectivity index (χ1v) is 12.5. The molecule has 3 N–H and O–H groups in total. The molecule has 0 bridgehead atoms. The summed E-state index contributed by atoms with van der Waals surface area (Å²) in [7, 11) is -3.84. The molecular weight excluding hydrogens is 474 g/mol. The summed E-state index contributed by atoms with van der Waals surface area (Å²) < 4.78 is 56.1. The number of aromatic amines is 2. The van der Waals surface area contributed by atoms with Crippen LogP contribution in [0, 0.1) is 11.6 Å². The van der Waals surface area contributed by atoms with E-state index >= 15 is 4.39 Å². The number of pyridine rings is 1. The van der Waals surface area contributed by atoms with E-state index in [0.717, 1.165) is 34.2 Å². The lowest BCUT2D eigenvalue weighted by molar-refractivity contribution is 0.103. The molecule has 0 unspecified atom stereocenters. The zero-order chi connectivity index (χ0) is 24.7. The first-order chi connectivity index (χ1) is 16.8. The van der Waals surface area contributed by atoms with Gasteiger partial charge in [0, 0.05) is 40.6 Å². The van der Waals surface area contributed by atoms with Crippen molar-refractivity contribution in [2.45, 2.75) is 13.3 Å². The third-order valence-electron chi connectivity index (χ3n) is 5.72. The molecule has 0 amide bonds. The maximum absolute atomic E-state index is 15.2. The molecule has 0 saturated carbocycles. The molecule has 0 spiro atoms. The highest BCUT2D eigenvalue weighted by Crippen LogP contribution is 2.30. The maximum atomic E-state index is 15.2. The number of carbonyl (C=O) groups excluding carboxylic acids is 1. The second-order valence-corrected chi connectivity index (χ2v) is 9.98. The number of sulfonamides is 1. The number of anilines is 1. The summed E-state index contributed by atoms with van der Waals surface area (Å²) in [4.78, 5) is 23.6. The topological polar surface area (TPSA) is 108 Å². The number of hydrogen-bond acceptors (Lipinski definition) is 4.